The zero-order chi connectivity index (χ0) is 29.2. The molecule has 0 atom stereocenters. The molecule has 42 heavy (non-hydrogen) atoms. The predicted molar refractivity (Wildman–Crippen MR) is 163 cm³/mol. The van der Waals surface area contributed by atoms with Crippen LogP contribution in [0.4, 0.5) is 0 Å². The molecule has 0 saturated heterocycles. The third-order valence-electron chi connectivity index (χ3n) is 7.20. The van der Waals surface area contributed by atoms with Gasteiger partial charge in [0.05, 0.1) is 22.3 Å². The minimum atomic E-state index is -1.27. The van der Waals surface area contributed by atoms with Crippen LogP contribution in [0.3, 0.4) is 0 Å². The number of fused-ring (bicyclic) bond motifs is 3. The molecule has 0 radical (unpaired) electrons. The number of carboxylic acids is 1. The molecule has 3 aromatic carbocycles. The van der Waals surface area contributed by atoms with Gasteiger partial charge >= 0.3 is 5.97 Å². The lowest BCUT2D eigenvalue weighted by atomic mass is 10.0. The molecule has 7 aromatic rings. The highest BCUT2D eigenvalue weighted by Gasteiger charge is 2.27. The molecule has 0 bridgehead atoms. The fraction of sp³-hybridized carbons (Fsp3) is 0.0882. The number of aromatic carboxylic acids is 1. The van der Waals surface area contributed by atoms with Crippen LogP contribution < -0.4 is 0 Å². The molecule has 7 rings (SSSR count). The Bertz CT molecular complexity index is 2060. The third-order valence-corrected chi connectivity index (χ3v) is 7.20. The Morgan fingerprint density at radius 2 is 1.40 bits per heavy atom. The topological polar surface area (TPSA) is 102 Å². The van der Waals surface area contributed by atoms with E-state index in [1.807, 2.05) is 95.9 Å². The molecule has 4 aromatic heterocycles. The van der Waals surface area contributed by atoms with Crippen LogP contribution in [-0.4, -0.2) is 40.8 Å². The van der Waals surface area contributed by atoms with E-state index in [1.54, 1.807) is 24.3 Å². The average Bonchev–Trinajstić information content (AvgIpc) is 3.59. The summed E-state index contributed by atoms with van der Waals surface area (Å²) in [6.45, 7) is 4.58. The highest BCUT2D eigenvalue weighted by molar-refractivity contribution is 6.19. The minimum absolute atomic E-state index is 0.136. The van der Waals surface area contributed by atoms with E-state index < -0.39 is 11.8 Å². The molecule has 0 fully saturated rings. The number of carbonyl (C=O) groups is 2. The van der Waals surface area contributed by atoms with Crippen LogP contribution in [0.2, 0.25) is 0 Å². The summed E-state index contributed by atoms with van der Waals surface area (Å²) in [6, 6.07) is 30.7. The summed E-state index contributed by atoms with van der Waals surface area (Å²) in [5, 5.41) is 10.4. The number of benzene rings is 3. The number of carbonyl (C=O) groups excluding carboxylic acids is 1. The van der Waals surface area contributed by atoms with Crippen molar-refractivity contribution in [1.82, 2.24) is 23.9 Å². The first-order valence-electron chi connectivity index (χ1n) is 13.6. The number of para-hydroxylation sites is 3. The zero-order valence-corrected chi connectivity index (χ0v) is 23.1. The highest BCUT2D eigenvalue weighted by atomic mass is 16.4. The predicted octanol–water partition coefficient (Wildman–Crippen LogP) is 6.84. The first kappa shape index (κ1) is 26.6. The van der Waals surface area contributed by atoms with Gasteiger partial charge < -0.3 is 14.1 Å². The van der Waals surface area contributed by atoms with Gasteiger partial charge in [-0.05, 0) is 44.2 Å². The normalized spacial score (nSPS) is 11.0. The van der Waals surface area contributed by atoms with E-state index in [0.717, 1.165) is 33.5 Å². The fourth-order valence-electron chi connectivity index (χ4n) is 5.23. The zero-order valence-electron chi connectivity index (χ0n) is 23.1. The summed E-state index contributed by atoms with van der Waals surface area (Å²) in [7, 11) is 0. The van der Waals surface area contributed by atoms with Crippen molar-refractivity contribution in [1.29, 1.82) is 0 Å². The molecule has 0 spiro atoms. The Labute approximate surface area is 241 Å². The smallest absolute Gasteiger partial charge is 0.356 e. The number of rotatable bonds is 5. The second-order valence-electron chi connectivity index (χ2n) is 9.72. The monoisotopic (exact) mass is 553 g/mol. The van der Waals surface area contributed by atoms with Gasteiger partial charge in [0.1, 0.15) is 11.3 Å². The van der Waals surface area contributed by atoms with Crippen molar-refractivity contribution in [2.24, 2.45) is 0 Å². The van der Waals surface area contributed by atoms with Crippen molar-refractivity contribution < 1.29 is 14.7 Å². The summed E-state index contributed by atoms with van der Waals surface area (Å²) >= 11 is 0. The molecular formula is C34H27N5O3. The van der Waals surface area contributed by atoms with Crippen LogP contribution >= 0.6 is 0 Å². The minimum Gasteiger partial charge on any atom is -0.476 e. The van der Waals surface area contributed by atoms with Gasteiger partial charge in [0.2, 0.25) is 5.78 Å². The van der Waals surface area contributed by atoms with Crippen LogP contribution in [0.25, 0.3) is 38.8 Å². The molecule has 0 aliphatic rings. The summed E-state index contributed by atoms with van der Waals surface area (Å²) < 4.78 is 4.07. The SMILES string of the molecule is CCn1c(C)c(C(=O)c2nc3ccccc3nc2C(=O)O)c2ccccc21.c1ccc(-c2cn3ccccc3n2)cc1. The molecule has 1 N–H and O–H groups in total. The van der Waals surface area contributed by atoms with E-state index in [4.69, 9.17) is 0 Å². The van der Waals surface area contributed by atoms with Gasteiger partial charge in [-0.3, -0.25) is 4.79 Å². The number of hydrogen-bond acceptors (Lipinski definition) is 5. The lowest BCUT2D eigenvalue weighted by Crippen LogP contribution is -2.15. The Hall–Kier alpha value is -5.63. The average molecular weight is 554 g/mol. The van der Waals surface area contributed by atoms with Crippen LogP contribution in [-0.2, 0) is 6.54 Å². The number of pyridine rings is 1. The number of aryl methyl sites for hydroxylation is 1. The van der Waals surface area contributed by atoms with Crippen molar-refractivity contribution in [3.63, 3.8) is 0 Å². The second-order valence-corrected chi connectivity index (χ2v) is 9.72. The molecule has 206 valence electrons. The Kier molecular flexibility index (Phi) is 7.02. The van der Waals surface area contributed by atoms with E-state index in [-0.39, 0.29) is 11.4 Å². The molecule has 0 saturated carbocycles. The lowest BCUT2D eigenvalue weighted by Gasteiger charge is -2.07. The Morgan fingerprint density at radius 3 is 2.10 bits per heavy atom. The maximum absolute atomic E-state index is 13.4. The summed E-state index contributed by atoms with van der Waals surface area (Å²) in [5.74, 6) is -1.69. The largest absolute Gasteiger partial charge is 0.476 e. The lowest BCUT2D eigenvalue weighted by molar-refractivity contribution is 0.0685. The molecule has 0 aliphatic heterocycles. The fourth-order valence-corrected chi connectivity index (χ4v) is 5.23. The number of nitrogens with zero attached hydrogens (tertiary/aromatic N) is 5. The Morgan fingerprint density at radius 1 is 0.762 bits per heavy atom. The van der Waals surface area contributed by atoms with Gasteiger partial charge in [0.25, 0.3) is 0 Å². The summed E-state index contributed by atoms with van der Waals surface area (Å²) in [5.41, 5.74) is 5.82. The number of carboxylic acid groups (broad SMARTS) is 1. The number of hydrogen-bond donors (Lipinski definition) is 1. The highest BCUT2D eigenvalue weighted by Crippen LogP contribution is 2.29. The standard InChI is InChI=1S/C21H17N3O3.C13H10N2/c1-3-24-12(2)17(13-8-4-7-11-16(13)24)20(25)18-19(21(26)27)23-15-10-6-5-9-14(15)22-18;1-2-6-11(7-3-1)12-10-15-9-5-4-8-13(15)14-12/h4-11H,3H2,1-2H3,(H,26,27);1-10H. The molecule has 0 aliphatic carbocycles. The molecule has 8 nitrogen and oxygen atoms in total. The van der Waals surface area contributed by atoms with Crippen LogP contribution in [0.5, 0.6) is 0 Å². The van der Waals surface area contributed by atoms with E-state index in [1.165, 1.54) is 0 Å². The van der Waals surface area contributed by atoms with Crippen molar-refractivity contribution in [3.8, 4) is 11.3 Å². The van der Waals surface area contributed by atoms with Crippen molar-refractivity contribution in [2.45, 2.75) is 20.4 Å². The third kappa shape index (κ3) is 4.79. The molecule has 0 unspecified atom stereocenters. The van der Waals surface area contributed by atoms with Crippen molar-refractivity contribution >= 4 is 39.3 Å². The van der Waals surface area contributed by atoms with E-state index >= 15 is 0 Å². The molecule has 4 heterocycles. The maximum atomic E-state index is 13.4. The van der Waals surface area contributed by atoms with E-state index in [9.17, 15) is 14.7 Å². The molecule has 0 amide bonds. The van der Waals surface area contributed by atoms with E-state index in [0.29, 0.717) is 23.1 Å². The first-order valence-corrected chi connectivity index (χ1v) is 13.6. The van der Waals surface area contributed by atoms with Gasteiger partial charge in [-0.1, -0.05) is 66.7 Å². The van der Waals surface area contributed by atoms with Crippen LogP contribution in [0, 0.1) is 6.92 Å². The number of imidazole rings is 1. The Balaban J connectivity index is 0.000000177. The number of aromatic nitrogens is 5. The first-order chi connectivity index (χ1) is 20.5. The second kappa shape index (κ2) is 11.1. The maximum Gasteiger partial charge on any atom is 0.356 e. The molecule has 8 heteroatoms. The van der Waals surface area contributed by atoms with Gasteiger partial charge in [0, 0.05) is 41.1 Å². The van der Waals surface area contributed by atoms with Gasteiger partial charge in [0.15, 0.2) is 5.69 Å². The van der Waals surface area contributed by atoms with Crippen LogP contribution in [0.15, 0.2) is 109 Å². The van der Waals surface area contributed by atoms with Gasteiger partial charge in [-0.25, -0.2) is 19.7 Å². The van der Waals surface area contributed by atoms with Gasteiger partial charge in [-0.15, -0.1) is 0 Å². The van der Waals surface area contributed by atoms with Crippen LogP contribution in [0.1, 0.15) is 39.2 Å². The van der Waals surface area contributed by atoms with Crippen molar-refractivity contribution in [2.75, 3.05) is 0 Å². The van der Waals surface area contributed by atoms with Gasteiger partial charge in [-0.2, -0.15) is 0 Å². The molecular weight excluding hydrogens is 526 g/mol. The summed E-state index contributed by atoms with van der Waals surface area (Å²) in [6.07, 6.45) is 4.06. The number of ketones is 1. The van der Waals surface area contributed by atoms with E-state index in [2.05, 4.69) is 27.1 Å². The quantitative estimate of drug-likeness (QED) is 0.234. The summed E-state index contributed by atoms with van der Waals surface area (Å²) in [4.78, 5) is 38.2. The van der Waals surface area contributed by atoms with Crippen molar-refractivity contribution in [3.05, 3.63) is 132 Å².